The second-order valence-corrected chi connectivity index (χ2v) is 6.57. The Balaban J connectivity index is 1.73. The van der Waals surface area contributed by atoms with Gasteiger partial charge in [-0.05, 0) is 48.1 Å². The number of nitrogens with zero attached hydrogens (tertiary/aromatic N) is 1. The van der Waals surface area contributed by atoms with Crippen LogP contribution in [0.25, 0.3) is 11.1 Å². The second-order valence-electron chi connectivity index (χ2n) is 6.57. The standard InChI is InChI=1S/C23H23N/c1-3-9-19(10-4-1)17-20-13-14-23(24-15-7-8-16-24)22(18-20)21-11-5-2-6-12-21/h1-6,9-14,18H,7-8,15-17H2. The van der Waals surface area contributed by atoms with Crippen LogP contribution in [-0.4, -0.2) is 13.1 Å². The van der Waals surface area contributed by atoms with Crippen molar-refractivity contribution in [2.45, 2.75) is 19.3 Å². The summed E-state index contributed by atoms with van der Waals surface area (Å²) in [6, 6.07) is 28.5. The van der Waals surface area contributed by atoms with E-state index in [0.29, 0.717) is 0 Å². The van der Waals surface area contributed by atoms with E-state index in [2.05, 4.69) is 83.8 Å². The Hall–Kier alpha value is -2.54. The highest BCUT2D eigenvalue weighted by Gasteiger charge is 2.17. The van der Waals surface area contributed by atoms with Gasteiger partial charge < -0.3 is 4.90 Å². The lowest BCUT2D eigenvalue weighted by Crippen LogP contribution is -2.18. The molecule has 1 saturated heterocycles. The third-order valence-electron chi connectivity index (χ3n) is 4.84. The molecule has 4 rings (SSSR count). The molecule has 24 heavy (non-hydrogen) atoms. The van der Waals surface area contributed by atoms with Gasteiger partial charge in [0.1, 0.15) is 0 Å². The molecule has 1 heterocycles. The summed E-state index contributed by atoms with van der Waals surface area (Å²) in [5.41, 5.74) is 6.81. The molecule has 1 heteroatoms. The smallest absolute Gasteiger partial charge is 0.0446 e. The summed E-state index contributed by atoms with van der Waals surface area (Å²) < 4.78 is 0. The molecule has 0 N–H and O–H groups in total. The number of hydrogen-bond donors (Lipinski definition) is 0. The maximum absolute atomic E-state index is 2.54. The first-order chi connectivity index (χ1) is 11.9. The van der Waals surface area contributed by atoms with E-state index in [1.165, 1.54) is 53.9 Å². The Morgan fingerprint density at radius 2 is 1.33 bits per heavy atom. The van der Waals surface area contributed by atoms with Crippen molar-refractivity contribution >= 4 is 5.69 Å². The maximum Gasteiger partial charge on any atom is 0.0446 e. The molecule has 1 nitrogen and oxygen atoms in total. The Labute approximate surface area is 144 Å². The van der Waals surface area contributed by atoms with Gasteiger partial charge in [-0.2, -0.15) is 0 Å². The molecule has 0 aliphatic carbocycles. The SMILES string of the molecule is c1ccc(Cc2ccc(N3CCCC3)c(-c3ccccc3)c2)cc1. The highest BCUT2D eigenvalue weighted by Crippen LogP contribution is 2.34. The predicted molar refractivity (Wildman–Crippen MR) is 103 cm³/mol. The molecule has 0 amide bonds. The number of hydrogen-bond acceptors (Lipinski definition) is 1. The van der Waals surface area contributed by atoms with Crippen molar-refractivity contribution in [2.24, 2.45) is 0 Å². The van der Waals surface area contributed by atoms with Crippen molar-refractivity contribution in [3.8, 4) is 11.1 Å². The summed E-state index contributed by atoms with van der Waals surface area (Å²) in [6.45, 7) is 2.36. The predicted octanol–water partition coefficient (Wildman–Crippen LogP) is 5.54. The van der Waals surface area contributed by atoms with Gasteiger partial charge in [0.25, 0.3) is 0 Å². The fraction of sp³-hybridized carbons (Fsp3) is 0.217. The average molecular weight is 313 g/mol. The van der Waals surface area contributed by atoms with Gasteiger partial charge >= 0.3 is 0 Å². The molecule has 0 unspecified atom stereocenters. The zero-order chi connectivity index (χ0) is 16.2. The van der Waals surface area contributed by atoms with Gasteiger partial charge in [-0.25, -0.2) is 0 Å². The van der Waals surface area contributed by atoms with Crippen LogP contribution in [0.5, 0.6) is 0 Å². The Bertz CT molecular complexity index is 787. The van der Waals surface area contributed by atoms with Crippen molar-refractivity contribution in [1.82, 2.24) is 0 Å². The van der Waals surface area contributed by atoms with Crippen molar-refractivity contribution in [1.29, 1.82) is 0 Å². The number of rotatable bonds is 4. The van der Waals surface area contributed by atoms with Gasteiger partial charge in [0.05, 0.1) is 0 Å². The highest BCUT2D eigenvalue weighted by atomic mass is 15.1. The first-order valence-electron chi connectivity index (χ1n) is 8.87. The van der Waals surface area contributed by atoms with Crippen LogP contribution in [-0.2, 0) is 6.42 Å². The van der Waals surface area contributed by atoms with Crippen LogP contribution in [0.1, 0.15) is 24.0 Å². The molecule has 1 aliphatic rings. The quantitative estimate of drug-likeness (QED) is 0.611. The van der Waals surface area contributed by atoms with Crippen molar-refractivity contribution in [3.63, 3.8) is 0 Å². The molecule has 1 aliphatic heterocycles. The highest BCUT2D eigenvalue weighted by molar-refractivity contribution is 5.79. The molecule has 0 spiro atoms. The first kappa shape index (κ1) is 15.0. The van der Waals surface area contributed by atoms with Gasteiger partial charge in [0, 0.05) is 24.3 Å². The number of anilines is 1. The van der Waals surface area contributed by atoms with Crippen LogP contribution in [0.3, 0.4) is 0 Å². The average Bonchev–Trinajstić information content (AvgIpc) is 3.18. The number of benzene rings is 3. The van der Waals surface area contributed by atoms with E-state index < -0.39 is 0 Å². The molecule has 3 aromatic carbocycles. The topological polar surface area (TPSA) is 3.24 Å². The molecule has 120 valence electrons. The van der Waals surface area contributed by atoms with E-state index in [4.69, 9.17) is 0 Å². The monoisotopic (exact) mass is 313 g/mol. The minimum absolute atomic E-state index is 0.987. The third-order valence-corrected chi connectivity index (χ3v) is 4.84. The normalized spacial score (nSPS) is 14.1. The largest absolute Gasteiger partial charge is 0.371 e. The molecule has 0 bridgehead atoms. The van der Waals surface area contributed by atoms with Gasteiger partial charge in [0.15, 0.2) is 0 Å². The van der Waals surface area contributed by atoms with E-state index in [1.807, 2.05) is 0 Å². The van der Waals surface area contributed by atoms with E-state index in [0.717, 1.165) is 6.42 Å². The molecule has 3 aromatic rings. The minimum Gasteiger partial charge on any atom is -0.371 e. The zero-order valence-electron chi connectivity index (χ0n) is 14.0. The van der Waals surface area contributed by atoms with Crippen LogP contribution in [0.15, 0.2) is 78.9 Å². The van der Waals surface area contributed by atoms with E-state index in [9.17, 15) is 0 Å². The van der Waals surface area contributed by atoms with Gasteiger partial charge in [0.2, 0.25) is 0 Å². The van der Waals surface area contributed by atoms with Crippen LogP contribution in [0, 0.1) is 0 Å². The van der Waals surface area contributed by atoms with Gasteiger partial charge in [-0.15, -0.1) is 0 Å². The van der Waals surface area contributed by atoms with Gasteiger partial charge in [-0.1, -0.05) is 66.7 Å². The lowest BCUT2D eigenvalue weighted by atomic mass is 9.97. The van der Waals surface area contributed by atoms with Crippen LogP contribution >= 0.6 is 0 Å². The van der Waals surface area contributed by atoms with Crippen molar-refractivity contribution in [3.05, 3.63) is 90.0 Å². The summed E-state index contributed by atoms with van der Waals surface area (Å²) in [5, 5.41) is 0. The Morgan fingerprint density at radius 1 is 0.667 bits per heavy atom. The lowest BCUT2D eigenvalue weighted by molar-refractivity contribution is 0.949. The van der Waals surface area contributed by atoms with Crippen LogP contribution < -0.4 is 4.90 Å². The minimum atomic E-state index is 0.987. The maximum atomic E-state index is 2.54. The third kappa shape index (κ3) is 3.21. The Kier molecular flexibility index (Phi) is 4.33. The second kappa shape index (κ2) is 6.92. The van der Waals surface area contributed by atoms with Crippen LogP contribution in [0.2, 0.25) is 0 Å². The Morgan fingerprint density at radius 3 is 2.04 bits per heavy atom. The molecule has 0 atom stereocenters. The summed E-state index contributed by atoms with van der Waals surface area (Å²) in [7, 11) is 0. The molecular weight excluding hydrogens is 290 g/mol. The van der Waals surface area contributed by atoms with Crippen molar-refractivity contribution in [2.75, 3.05) is 18.0 Å². The summed E-state index contributed by atoms with van der Waals surface area (Å²) in [5.74, 6) is 0. The van der Waals surface area contributed by atoms with E-state index in [1.54, 1.807) is 0 Å². The lowest BCUT2D eigenvalue weighted by Gasteiger charge is -2.22. The van der Waals surface area contributed by atoms with Crippen LogP contribution in [0.4, 0.5) is 5.69 Å². The van der Waals surface area contributed by atoms with Gasteiger partial charge in [-0.3, -0.25) is 0 Å². The summed E-state index contributed by atoms with van der Waals surface area (Å²) >= 11 is 0. The molecule has 0 aromatic heterocycles. The molecule has 0 radical (unpaired) electrons. The molecular formula is C23H23N. The first-order valence-corrected chi connectivity index (χ1v) is 8.87. The van der Waals surface area contributed by atoms with E-state index in [-0.39, 0.29) is 0 Å². The molecule has 1 fully saturated rings. The fourth-order valence-electron chi connectivity index (χ4n) is 3.61. The molecule has 0 saturated carbocycles. The zero-order valence-corrected chi connectivity index (χ0v) is 14.0. The fourth-order valence-corrected chi connectivity index (χ4v) is 3.61. The van der Waals surface area contributed by atoms with Crippen molar-refractivity contribution < 1.29 is 0 Å². The summed E-state index contributed by atoms with van der Waals surface area (Å²) in [6.07, 6.45) is 3.60. The summed E-state index contributed by atoms with van der Waals surface area (Å²) in [4.78, 5) is 2.54. The van der Waals surface area contributed by atoms with E-state index >= 15 is 0 Å².